The lowest BCUT2D eigenvalue weighted by molar-refractivity contribution is -0.117. The van der Waals surface area contributed by atoms with E-state index < -0.39 is 6.04 Å². The largest absolute Gasteiger partial charge is 0.341 e. The van der Waals surface area contributed by atoms with Crippen molar-refractivity contribution in [1.29, 1.82) is 0 Å². The Hall–Kier alpha value is -3.11. The molecule has 0 aliphatic rings. The first-order chi connectivity index (χ1) is 13.0. The molecule has 3 aromatic carbocycles. The van der Waals surface area contributed by atoms with Crippen molar-refractivity contribution >= 4 is 29.1 Å². The van der Waals surface area contributed by atoms with Crippen molar-refractivity contribution in [2.75, 3.05) is 5.32 Å². The van der Waals surface area contributed by atoms with E-state index in [1.165, 1.54) is 0 Å². The third-order valence-corrected chi connectivity index (χ3v) is 4.36. The van der Waals surface area contributed by atoms with Gasteiger partial charge in [-0.2, -0.15) is 0 Å². The van der Waals surface area contributed by atoms with Gasteiger partial charge in [0.05, 0.1) is 0 Å². The highest BCUT2D eigenvalue weighted by Crippen LogP contribution is 2.21. The number of benzene rings is 3. The van der Waals surface area contributed by atoms with E-state index in [1.54, 1.807) is 31.2 Å². The van der Waals surface area contributed by atoms with Crippen molar-refractivity contribution in [1.82, 2.24) is 5.32 Å². The first-order valence-corrected chi connectivity index (χ1v) is 8.93. The summed E-state index contributed by atoms with van der Waals surface area (Å²) in [5, 5.41) is 6.04. The molecule has 27 heavy (non-hydrogen) atoms. The molecule has 0 heterocycles. The number of rotatable bonds is 5. The van der Waals surface area contributed by atoms with E-state index in [0.717, 1.165) is 11.1 Å². The third-order valence-electron chi connectivity index (χ3n) is 4.11. The second kappa shape index (κ2) is 8.52. The zero-order valence-electron chi connectivity index (χ0n) is 14.8. The van der Waals surface area contributed by atoms with Crippen LogP contribution in [0.1, 0.15) is 17.3 Å². The van der Waals surface area contributed by atoms with E-state index in [1.807, 2.05) is 54.6 Å². The van der Waals surface area contributed by atoms with Crippen molar-refractivity contribution in [3.63, 3.8) is 0 Å². The molecule has 2 amide bonds. The second-order valence-electron chi connectivity index (χ2n) is 6.13. The Balaban J connectivity index is 1.59. The van der Waals surface area contributed by atoms with E-state index in [9.17, 15) is 9.59 Å². The van der Waals surface area contributed by atoms with Crippen LogP contribution < -0.4 is 10.6 Å². The zero-order valence-corrected chi connectivity index (χ0v) is 15.5. The monoisotopic (exact) mass is 378 g/mol. The van der Waals surface area contributed by atoms with Crippen LogP contribution in [0.4, 0.5) is 5.69 Å². The van der Waals surface area contributed by atoms with Gasteiger partial charge >= 0.3 is 0 Å². The van der Waals surface area contributed by atoms with Crippen molar-refractivity contribution in [3.05, 3.63) is 89.4 Å². The number of halogens is 1. The maximum atomic E-state index is 12.3. The summed E-state index contributed by atoms with van der Waals surface area (Å²) in [6.07, 6.45) is 0. The molecular weight excluding hydrogens is 360 g/mol. The number of anilines is 1. The van der Waals surface area contributed by atoms with Gasteiger partial charge in [-0.25, -0.2) is 0 Å². The van der Waals surface area contributed by atoms with Gasteiger partial charge in [0.25, 0.3) is 5.91 Å². The standard InChI is InChI=1S/C22H19ClN2O2/c1-15(24-22(27)18-7-11-19(23)12-8-18)21(26)25-20-13-9-17(10-14-20)16-5-3-2-4-6-16/h2-15H,1H3,(H,24,27)(H,25,26). The Kier molecular flexibility index (Phi) is 5.89. The first-order valence-electron chi connectivity index (χ1n) is 8.56. The van der Waals surface area contributed by atoms with Crippen LogP contribution >= 0.6 is 11.6 Å². The fourth-order valence-electron chi connectivity index (χ4n) is 2.57. The summed E-state index contributed by atoms with van der Waals surface area (Å²) in [4.78, 5) is 24.5. The minimum Gasteiger partial charge on any atom is -0.341 e. The first kappa shape index (κ1) is 18.7. The number of carbonyl (C=O) groups is 2. The lowest BCUT2D eigenvalue weighted by Gasteiger charge is -2.14. The maximum absolute atomic E-state index is 12.3. The van der Waals surface area contributed by atoms with E-state index in [0.29, 0.717) is 16.3 Å². The number of amides is 2. The lowest BCUT2D eigenvalue weighted by Crippen LogP contribution is -2.41. The molecule has 0 spiro atoms. The predicted molar refractivity (Wildman–Crippen MR) is 109 cm³/mol. The fourth-order valence-corrected chi connectivity index (χ4v) is 2.70. The Morgan fingerprint density at radius 1 is 0.815 bits per heavy atom. The second-order valence-corrected chi connectivity index (χ2v) is 6.57. The van der Waals surface area contributed by atoms with E-state index in [-0.39, 0.29) is 11.8 Å². The van der Waals surface area contributed by atoms with Gasteiger partial charge in [-0.05, 0) is 54.4 Å². The van der Waals surface area contributed by atoms with Gasteiger partial charge in [0.1, 0.15) is 6.04 Å². The van der Waals surface area contributed by atoms with Crippen molar-refractivity contribution in [2.45, 2.75) is 13.0 Å². The summed E-state index contributed by atoms with van der Waals surface area (Å²) in [6.45, 7) is 1.64. The predicted octanol–water partition coefficient (Wildman–Crippen LogP) is 4.76. The summed E-state index contributed by atoms with van der Waals surface area (Å²) < 4.78 is 0. The smallest absolute Gasteiger partial charge is 0.251 e. The van der Waals surface area contributed by atoms with Gasteiger partial charge < -0.3 is 10.6 Å². The molecule has 0 radical (unpaired) electrons. The van der Waals surface area contributed by atoms with Crippen LogP contribution in [0.15, 0.2) is 78.9 Å². The molecule has 2 N–H and O–H groups in total. The van der Waals surface area contributed by atoms with Gasteiger partial charge in [-0.1, -0.05) is 54.1 Å². The van der Waals surface area contributed by atoms with E-state index >= 15 is 0 Å². The molecule has 0 aromatic heterocycles. The van der Waals surface area contributed by atoms with Crippen LogP contribution in [-0.4, -0.2) is 17.9 Å². The minimum absolute atomic E-state index is 0.287. The van der Waals surface area contributed by atoms with Crippen molar-refractivity contribution in [2.24, 2.45) is 0 Å². The Morgan fingerprint density at radius 2 is 1.41 bits per heavy atom. The molecule has 3 aromatic rings. The molecular formula is C22H19ClN2O2. The number of hydrogen-bond donors (Lipinski definition) is 2. The zero-order chi connectivity index (χ0) is 19.2. The minimum atomic E-state index is -0.679. The summed E-state index contributed by atoms with van der Waals surface area (Å²) in [5.41, 5.74) is 3.30. The molecule has 1 unspecified atom stereocenters. The SMILES string of the molecule is CC(NC(=O)c1ccc(Cl)cc1)C(=O)Nc1ccc(-c2ccccc2)cc1. The molecule has 0 aliphatic carbocycles. The van der Waals surface area contributed by atoms with Crippen LogP contribution in [0.5, 0.6) is 0 Å². The highest BCUT2D eigenvalue weighted by Gasteiger charge is 2.16. The summed E-state index contributed by atoms with van der Waals surface area (Å²) >= 11 is 5.82. The van der Waals surface area contributed by atoms with Crippen LogP contribution in [0.2, 0.25) is 5.02 Å². The maximum Gasteiger partial charge on any atom is 0.251 e. The summed E-state index contributed by atoms with van der Waals surface area (Å²) in [7, 11) is 0. The highest BCUT2D eigenvalue weighted by molar-refractivity contribution is 6.30. The summed E-state index contributed by atoms with van der Waals surface area (Å²) in [6, 6.07) is 23.4. The number of hydrogen-bond acceptors (Lipinski definition) is 2. The topological polar surface area (TPSA) is 58.2 Å². The fraction of sp³-hybridized carbons (Fsp3) is 0.0909. The van der Waals surface area contributed by atoms with E-state index in [4.69, 9.17) is 11.6 Å². The average Bonchev–Trinajstić information content (AvgIpc) is 2.69. The lowest BCUT2D eigenvalue weighted by atomic mass is 10.1. The van der Waals surface area contributed by atoms with Crippen LogP contribution in [0.25, 0.3) is 11.1 Å². The average molecular weight is 379 g/mol. The van der Waals surface area contributed by atoms with Crippen molar-refractivity contribution in [3.8, 4) is 11.1 Å². The van der Waals surface area contributed by atoms with E-state index in [2.05, 4.69) is 10.6 Å². The highest BCUT2D eigenvalue weighted by atomic mass is 35.5. The number of nitrogens with one attached hydrogen (secondary N) is 2. The number of carbonyl (C=O) groups excluding carboxylic acids is 2. The molecule has 0 saturated carbocycles. The normalized spacial score (nSPS) is 11.5. The summed E-state index contributed by atoms with van der Waals surface area (Å²) in [5.74, 6) is -0.612. The molecule has 0 aliphatic heterocycles. The van der Waals surface area contributed by atoms with Gasteiger partial charge in [0.2, 0.25) is 5.91 Å². The Morgan fingerprint density at radius 3 is 2.04 bits per heavy atom. The Bertz CT molecular complexity index is 923. The molecule has 0 bridgehead atoms. The molecule has 0 saturated heterocycles. The van der Waals surface area contributed by atoms with Gasteiger partial charge in [0, 0.05) is 16.3 Å². The molecule has 5 heteroatoms. The van der Waals surface area contributed by atoms with Gasteiger partial charge in [-0.15, -0.1) is 0 Å². The molecule has 136 valence electrons. The van der Waals surface area contributed by atoms with Crippen LogP contribution in [0, 0.1) is 0 Å². The third kappa shape index (κ3) is 4.96. The molecule has 0 fully saturated rings. The van der Waals surface area contributed by atoms with Crippen LogP contribution in [0.3, 0.4) is 0 Å². The molecule has 1 atom stereocenters. The Labute approximate surface area is 163 Å². The molecule has 3 rings (SSSR count). The van der Waals surface area contributed by atoms with Gasteiger partial charge in [0.15, 0.2) is 0 Å². The van der Waals surface area contributed by atoms with Crippen molar-refractivity contribution < 1.29 is 9.59 Å². The van der Waals surface area contributed by atoms with Crippen LogP contribution in [-0.2, 0) is 4.79 Å². The molecule has 4 nitrogen and oxygen atoms in total. The van der Waals surface area contributed by atoms with Gasteiger partial charge in [-0.3, -0.25) is 9.59 Å². The quantitative estimate of drug-likeness (QED) is 0.672.